The van der Waals surface area contributed by atoms with Crippen LogP contribution in [0.4, 0.5) is 13.2 Å². The summed E-state index contributed by atoms with van der Waals surface area (Å²) in [5, 5.41) is 2.38. The highest BCUT2D eigenvalue weighted by molar-refractivity contribution is 5.96. The molecule has 0 aliphatic rings. The second kappa shape index (κ2) is 7.29. The van der Waals surface area contributed by atoms with Crippen LogP contribution in [-0.2, 0) is 15.7 Å². The molecule has 0 fully saturated rings. The zero-order valence-corrected chi connectivity index (χ0v) is 12.5. The van der Waals surface area contributed by atoms with Crippen molar-refractivity contribution in [1.82, 2.24) is 5.32 Å². The summed E-state index contributed by atoms with van der Waals surface area (Å²) >= 11 is 0. The maximum atomic E-state index is 12.4. The fourth-order valence-electron chi connectivity index (χ4n) is 1.52. The lowest BCUT2D eigenvalue weighted by Gasteiger charge is -2.14. The third-order valence-electron chi connectivity index (χ3n) is 2.73. The van der Waals surface area contributed by atoms with E-state index in [4.69, 9.17) is 4.74 Å². The van der Waals surface area contributed by atoms with E-state index < -0.39 is 29.7 Å². The molecule has 0 aliphatic heterocycles. The number of halogens is 3. The molecule has 122 valence electrons. The molecule has 0 saturated carbocycles. The summed E-state index contributed by atoms with van der Waals surface area (Å²) in [4.78, 5) is 23.5. The first-order valence-corrected chi connectivity index (χ1v) is 6.76. The van der Waals surface area contributed by atoms with Crippen LogP contribution in [0.1, 0.15) is 36.7 Å². The Morgan fingerprint density at radius 2 is 1.68 bits per heavy atom. The summed E-state index contributed by atoms with van der Waals surface area (Å²) in [6.45, 7) is 5.43. The third kappa shape index (κ3) is 5.38. The molecule has 1 aromatic rings. The van der Waals surface area contributed by atoms with E-state index in [9.17, 15) is 22.8 Å². The number of carbonyl (C=O) groups excluding carboxylic acids is 2. The van der Waals surface area contributed by atoms with Crippen molar-refractivity contribution >= 4 is 11.9 Å². The highest BCUT2D eigenvalue weighted by atomic mass is 19.4. The van der Waals surface area contributed by atoms with Crippen LogP contribution < -0.4 is 5.32 Å². The number of alkyl halides is 3. The number of nitrogens with one attached hydrogen (secondary N) is 1. The van der Waals surface area contributed by atoms with Crippen LogP contribution in [0.5, 0.6) is 0 Å². The number of rotatable bonds is 5. The lowest BCUT2D eigenvalue weighted by molar-refractivity contribution is -0.146. The van der Waals surface area contributed by atoms with Crippen LogP contribution >= 0.6 is 0 Å². The highest BCUT2D eigenvalue weighted by Gasteiger charge is 2.30. The van der Waals surface area contributed by atoms with Crippen molar-refractivity contribution < 1.29 is 27.5 Å². The van der Waals surface area contributed by atoms with Gasteiger partial charge >= 0.3 is 12.1 Å². The van der Waals surface area contributed by atoms with E-state index in [2.05, 4.69) is 5.32 Å². The molecule has 0 aromatic heterocycles. The first kappa shape index (κ1) is 18.0. The van der Waals surface area contributed by atoms with Crippen molar-refractivity contribution in [3.63, 3.8) is 0 Å². The minimum absolute atomic E-state index is 0.0384. The Bertz CT molecular complexity index is 524. The standard InChI is InChI=1S/C15H18F3NO3/c1-9(2)8-22-14(21)10(3)19-13(20)11-4-6-12(7-5-11)15(16,17)18/h4-7,9-10H,8H2,1-3H3,(H,19,20). The maximum absolute atomic E-state index is 12.4. The Kier molecular flexibility index (Phi) is 5.96. The van der Waals surface area contributed by atoms with E-state index in [1.54, 1.807) is 0 Å². The van der Waals surface area contributed by atoms with Gasteiger partial charge in [-0.25, -0.2) is 4.79 Å². The van der Waals surface area contributed by atoms with Crippen LogP contribution in [-0.4, -0.2) is 24.5 Å². The van der Waals surface area contributed by atoms with Gasteiger partial charge in [0.05, 0.1) is 12.2 Å². The first-order chi connectivity index (χ1) is 10.1. The van der Waals surface area contributed by atoms with Crippen molar-refractivity contribution in [2.45, 2.75) is 33.0 Å². The number of hydrogen-bond donors (Lipinski definition) is 1. The predicted octanol–water partition coefficient (Wildman–Crippen LogP) is 3.02. The number of carbonyl (C=O) groups is 2. The Morgan fingerprint density at radius 1 is 1.14 bits per heavy atom. The zero-order chi connectivity index (χ0) is 16.9. The summed E-state index contributed by atoms with van der Waals surface area (Å²) in [7, 11) is 0. The van der Waals surface area contributed by atoms with Crippen molar-refractivity contribution in [3.05, 3.63) is 35.4 Å². The number of hydrogen-bond acceptors (Lipinski definition) is 3. The van der Waals surface area contributed by atoms with Gasteiger partial charge in [0.25, 0.3) is 5.91 Å². The normalized spacial score (nSPS) is 12.9. The van der Waals surface area contributed by atoms with E-state index >= 15 is 0 Å². The quantitative estimate of drug-likeness (QED) is 0.849. The fourth-order valence-corrected chi connectivity index (χ4v) is 1.52. The molecule has 0 aliphatic carbocycles. The molecule has 4 nitrogen and oxygen atoms in total. The molecule has 22 heavy (non-hydrogen) atoms. The average molecular weight is 317 g/mol. The zero-order valence-electron chi connectivity index (χ0n) is 12.5. The molecule has 0 radical (unpaired) electrons. The fraction of sp³-hybridized carbons (Fsp3) is 0.467. The molecule has 0 bridgehead atoms. The smallest absolute Gasteiger partial charge is 0.416 e. The van der Waals surface area contributed by atoms with Gasteiger partial charge in [0.2, 0.25) is 0 Å². The number of ether oxygens (including phenoxy) is 1. The summed E-state index contributed by atoms with van der Waals surface area (Å²) in [5.74, 6) is -1.06. The van der Waals surface area contributed by atoms with Gasteiger partial charge in [-0.05, 0) is 37.1 Å². The average Bonchev–Trinajstić information content (AvgIpc) is 2.43. The van der Waals surface area contributed by atoms with Crippen molar-refractivity contribution in [3.8, 4) is 0 Å². The SMILES string of the molecule is CC(C)COC(=O)C(C)NC(=O)c1ccc(C(F)(F)F)cc1. The molecule has 0 saturated heterocycles. The lowest BCUT2D eigenvalue weighted by Crippen LogP contribution is -2.39. The van der Waals surface area contributed by atoms with Crippen LogP contribution in [0, 0.1) is 5.92 Å². The van der Waals surface area contributed by atoms with Gasteiger partial charge in [-0.1, -0.05) is 13.8 Å². The molecule has 1 aromatic carbocycles. The van der Waals surface area contributed by atoms with E-state index in [1.165, 1.54) is 6.92 Å². The van der Waals surface area contributed by atoms with Crippen LogP contribution in [0.3, 0.4) is 0 Å². The monoisotopic (exact) mass is 317 g/mol. The highest BCUT2D eigenvalue weighted by Crippen LogP contribution is 2.29. The van der Waals surface area contributed by atoms with Crippen molar-refractivity contribution in [2.24, 2.45) is 5.92 Å². The summed E-state index contributed by atoms with van der Waals surface area (Å²) in [6, 6.07) is 2.87. The van der Waals surface area contributed by atoms with Gasteiger partial charge < -0.3 is 10.1 Å². The molecule has 1 rings (SSSR count). The molecular weight excluding hydrogens is 299 g/mol. The molecular formula is C15H18F3NO3. The van der Waals surface area contributed by atoms with Gasteiger partial charge in [0.15, 0.2) is 0 Å². The van der Waals surface area contributed by atoms with Gasteiger partial charge in [0, 0.05) is 5.56 Å². The number of benzene rings is 1. The molecule has 7 heteroatoms. The molecule has 1 unspecified atom stereocenters. The van der Waals surface area contributed by atoms with Crippen molar-refractivity contribution in [2.75, 3.05) is 6.61 Å². The second-order valence-corrected chi connectivity index (χ2v) is 5.29. The summed E-state index contributed by atoms with van der Waals surface area (Å²) in [5.41, 5.74) is -0.801. The number of esters is 1. The Morgan fingerprint density at radius 3 is 2.14 bits per heavy atom. The lowest BCUT2D eigenvalue weighted by atomic mass is 10.1. The minimum Gasteiger partial charge on any atom is -0.464 e. The van der Waals surface area contributed by atoms with Gasteiger partial charge in [-0.3, -0.25) is 4.79 Å². The van der Waals surface area contributed by atoms with Gasteiger partial charge in [-0.15, -0.1) is 0 Å². The third-order valence-corrected chi connectivity index (χ3v) is 2.73. The van der Waals surface area contributed by atoms with E-state index in [1.807, 2.05) is 13.8 Å². The second-order valence-electron chi connectivity index (χ2n) is 5.29. The Hall–Kier alpha value is -2.05. The number of amides is 1. The minimum atomic E-state index is -4.46. The molecule has 1 amide bonds. The van der Waals surface area contributed by atoms with Crippen LogP contribution in [0.2, 0.25) is 0 Å². The van der Waals surface area contributed by atoms with Crippen molar-refractivity contribution in [1.29, 1.82) is 0 Å². The molecule has 0 heterocycles. The molecule has 1 N–H and O–H groups in total. The summed E-state index contributed by atoms with van der Waals surface area (Å²) in [6.07, 6.45) is -4.46. The Balaban J connectivity index is 2.63. The topological polar surface area (TPSA) is 55.4 Å². The first-order valence-electron chi connectivity index (χ1n) is 6.76. The molecule has 0 spiro atoms. The maximum Gasteiger partial charge on any atom is 0.416 e. The van der Waals surface area contributed by atoms with E-state index in [0.717, 1.165) is 24.3 Å². The molecule has 1 atom stereocenters. The Labute approximate surface area is 126 Å². The van der Waals surface area contributed by atoms with Crippen LogP contribution in [0.15, 0.2) is 24.3 Å². The largest absolute Gasteiger partial charge is 0.464 e. The predicted molar refractivity (Wildman–Crippen MR) is 74.2 cm³/mol. The van der Waals surface area contributed by atoms with E-state index in [-0.39, 0.29) is 18.1 Å². The van der Waals surface area contributed by atoms with Gasteiger partial charge in [-0.2, -0.15) is 13.2 Å². The summed E-state index contributed by atoms with van der Waals surface area (Å²) < 4.78 is 42.2. The van der Waals surface area contributed by atoms with Gasteiger partial charge in [0.1, 0.15) is 6.04 Å². The van der Waals surface area contributed by atoms with Crippen LogP contribution in [0.25, 0.3) is 0 Å². The van der Waals surface area contributed by atoms with E-state index in [0.29, 0.717) is 0 Å².